The van der Waals surface area contributed by atoms with Gasteiger partial charge in [0.2, 0.25) is 26.0 Å². The van der Waals surface area contributed by atoms with Crippen LogP contribution in [0.15, 0.2) is 58.3 Å². The lowest BCUT2D eigenvalue weighted by Crippen LogP contribution is -2.40. The minimum absolute atomic E-state index is 0.00510. The van der Waals surface area contributed by atoms with Crippen molar-refractivity contribution < 1.29 is 26.0 Å². The number of rotatable bonds is 7. The molecule has 180 valence electrons. The SMILES string of the molecule is CC(NC(=O)CN1CCCN(S(=O)(=O)c2ccc(F)cc2)CC1)c1ccc(S(N)(=O)=O)cc1. The third-order valence-electron chi connectivity index (χ3n) is 5.45. The van der Waals surface area contributed by atoms with E-state index in [1.54, 1.807) is 19.1 Å². The first-order valence-corrected chi connectivity index (χ1v) is 13.4. The molecule has 1 saturated heterocycles. The van der Waals surface area contributed by atoms with Crippen LogP contribution < -0.4 is 10.5 Å². The lowest BCUT2D eigenvalue weighted by atomic mass is 10.1. The molecular formula is C21H27FN4O5S2. The molecule has 2 aromatic rings. The van der Waals surface area contributed by atoms with Crippen molar-refractivity contribution in [3.05, 3.63) is 59.9 Å². The Balaban J connectivity index is 1.55. The van der Waals surface area contributed by atoms with Crippen LogP contribution in [-0.2, 0) is 24.8 Å². The summed E-state index contributed by atoms with van der Waals surface area (Å²) in [6, 6.07) is 10.3. The highest BCUT2D eigenvalue weighted by atomic mass is 32.2. The Morgan fingerprint density at radius 2 is 1.58 bits per heavy atom. The first kappa shape index (κ1) is 25.2. The average Bonchev–Trinajstić information content (AvgIpc) is 2.99. The number of carbonyl (C=O) groups excluding carboxylic acids is 1. The van der Waals surface area contributed by atoms with Crippen LogP contribution in [0.4, 0.5) is 4.39 Å². The fourth-order valence-electron chi connectivity index (χ4n) is 3.62. The van der Waals surface area contributed by atoms with E-state index in [1.807, 2.05) is 4.90 Å². The van der Waals surface area contributed by atoms with Crippen LogP contribution in [0.3, 0.4) is 0 Å². The molecule has 0 saturated carbocycles. The van der Waals surface area contributed by atoms with Gasteiger partial charge in [-0.25, -0.2) is 26.4 Å². The molecule has 0 spiro atoms. The van der Waals surface area contributed by atoms with E-state index in [9.17, 15) is 26.0 Å². The number of sulfonamides is 2. The summed E-state index contributed by atoms with van der Waals surface area (Å²) in [6.45, 7) is 3.35. The maximum Gasteiger partial charge on any atom is 0.243 e. The number of hydrogen-bond donors (Lipinski definition) is 2. The third-order valence-corrected chi connectivity index (χ3v) is 8.29. The van der Waals surface area contributed by atoms with Crippen LogP contribution in [0.25, 0.3) is 0 Å². The molecule has 1 aliphatic heterocycles. The molecule has 0 aliphatic carbocycles. The minimum atomic E-state index is -3.78. The Hall–Kier alpha value is -2.38. The zero-order valence-corrected chi connectivity index (χ0v) is 19.8. The van der Waals surface area contributed by atoms with E-state index in [2.05, 4.69) is 5.32 Å². The fourth-order valence-corrected chi connectivity index (χ4v) is 5.61. The van der Waals surface area contributed by atoms with Gasteiger partial charge in [-0.15, -0.1) is 0 Å². The summed E-state index contributed by atoms with van der Waals surface area (Å²) in [5.74, 6) is -0.732. The van der Waals surface area contributed by atoms with Crippen LogP contribution >= 0.6 is 0 Å². The molecule has 3 rings (SSSR count). The topological polar surface area (TPSA) is 130 Å². The summed E-state index contributed by atoms with van der Waals surface area (Å²) in [5, 5.41) is 7.96. The third kappa shape index (κ3) is 6.58. The number of nitrogens with zero attached hydrogens (tertiary/aromatic N) is 2. The number of carbonyl (C=O) groups is 1. The number of amides is 1. The number of halogens is 1. The lowest BCUT2D eigenvalue weighted by Gasteiger charge is -2.22. The van der Waals surface area contributed by atoms with E-state index in [0.29, 0.717) is 26.1 Å². The Morgan fingerprint density at radius 1 is 0.970 bits per heavy atom. The van der Waals surface area contributed by atoms with Gasteiger partial charge in [0, 0.05) is 19.6 Å². The van der Waals surface area contributed by atoms with Crippen molar-refractivity contribution in [1.82, 2.24) is 14.5 Å². The van der Waals surface area contributed by atoms with Crippen molar-refractivity contribution in [3.8, 4) is 0 Å². The van der Waals surface area contributed by atoms with Gasteiger partial charge in [-0.1, -0.05) is 12.1 Å². The predicted octanol–water partition coefficient (Wildman–Crippen LogP) is 1.05. The summed E-state index contributed by atoms with van der Waals surface area (Å²) in [7, 11) is -7.52. The Morgan fingerprint density at radius 3 is 2.18 bits per heavy atom. The lowest BCUT2D eigenvalue weighted by molar-refractivity contribution is -0.122. The number of nitrogens with two attached hydrogens (primary N) is 1. The number of nitrogens with one attached hydrogen (secondary N) is 1. The van der Waals surface area contributed by atoms with Crippen LogP contribution in [0.2, 0.25) is 0 Å². The zero-order chi connectivity index (χ0) is 24.2. The molecule has 2 aromatic carbocycles. The largest absolute Gasteiger partial charge is 0.348 e. The second-order valence-corrected chi connectivity index (χ2v) is 11.4. The highest BCUT2D eigenvalue weighted by molar-refractivity contribution is 7.89. The second-order valence-electron chi connectivity index (χ2n) is 7.89. The van der Waals surface area contributed by atoms with E-state index in [0.717, 1.165) is 17.7 Å². The van der Waals surface area contributed by atoms with Crippen LogP contribution in [0, 0.1) is 5.82 Å². The van der Waals surface area contributed by atoms with Gasteiger partial charge in [-0.2, -0.15) is 4.31 Å². The second kappa shape index (κ2) is 10.3. The van der Waals surface area contributed by atoms with Crippen LogP contribution in [0.1, 0.15) is 24.9 Å². The van der Waals surface area contributed by atoms with Crippen LogP contribution in [-0.4, -0.2) is 64.7 Å². The molecule has 12 heteroatoms. The molecule has 0 aromatic heterocycles. The smallest absolute Gasteiger partial charge is 0.243 e. The Bertz CT molecular complexity index is 1190. The van der Waals surface area contributed by atoms with Gasteiger partial charge in [0.15, 0.2) is 0 Å². The number of benzene rings is 2. The molecule has 1 amide bonds. The molecular weight excluding hydrogens is 471 g/mol. The van der Waals surface area contributed by atoms with E-state index in [1.165, 1.54) is 28.6 Å². The normalized spacial score (nSPS) is 17.3. The molecule has 1 unspecified atom stereocenters. The Kier molecular flexibility index (Phi) is 7.85. The molecule has 0 bridgehead atoms. The van der Waals surface area contributed by atoms with Crippen LogP contribution in [0.5, 0.6) is 0 Å². The molecule has 3 N–H and O–H groups in total. The monoisotopic (exact) mass is 498 g/mol. The maximum atomic E-state index is 13.1. The minimum Gasteiger partial charge on any atom is -0.348 e. The molecule has 1 heterocycles. The van der Waals surface area contributed by atoms with E-state index in [-0.39, 0.29) is 34.8 Å². The molecule has 1 fully saturated rings. The van der Waals surface area contributed by atoms with Gasteiger partial charge in [-0.05, 0) is 61.9 Å². The maximum absolute atomic E-state index is 13.1. The highest BCUT2D eigenvalue weighted by Crippen LogP contribution is 2.19. The molecule has 33 heavy (non-hydrogen) atoms. The summed E-state index contributed by atoms with van der Waals surface area (Å²) >= 11 is 0. The first-order chi connectivity index (χ1) is 15.5. The number of hydrogen-bond acceptors (Lipinski definition) is 6. The van der Waals surface area contributed by atoms with Gasteiger partial charge < -0.3 is 5.32 Å². The summed E-state index contributed by atoms with van der Waals surface area (Å²) < 4.78 is 62.9. The molecule has 1 atom stereocenters. The van der Waals surface area contributed by atoms with Crippen molar-refractivity contribution in [3.63, 3.8) is 0 Å². The van der Waals surface area contributed by atoms with Crippen molar-refractivity contribution in [1.29, 1.82) is 0 Å². The highest BCUT2D eigenvalue weighted by Gasteiger charge is 2.27. The Labute approximate surface area is 193 Å². The van der Waals surface area contributed by atoms with Crippen molar-refractivity contribution in [2.75, 3.05) is 32.7 Å². The zero-order valence-electron chi connectivity index (χ0n) is 18.1. The molecule has 9 nitrogen and oxygen atoms in total. The standard InChI is InChI=1S/C21H27FN4O5S2/c1-16(17-3-7-19(8-4-17)32(23,28)29)24-21(27)15-25-11-2-12-26(14-13-25)33(30,31)20-9-5-18(22)6-10-20/h3-10,16H,2,11-15H2,1H3,(H,24,27)(H2,23,28,29). The summed E-state index contributed by atoms with van der Waals surface area (Å²) in [4.78, 5) is 14.4. The van der Waals surface area contributed by atoms with E-state index < -0.39 is 25.9 Å². The summed E-state index contributed by atoms with van der Waals surface area (Å²) in [5.41, 5.74) is 0.725. The molecule has 1 aliphatic rings. The number of primary sulfonamides is 1. The van der Waals surface area contributed by atoms with Gasteiger partial charge in [0.25, 0.3) is 0 Å². The fraction of sp³-hybridized carbons (Fsp3) is 0.381. The van der Waals surface area contributed by atoms with Gasteiger partial charge in [0.1, 0.15) is 5.82 Å². The van der Waals surface area contributed by atoms with Gasteiger partial charge >= 0.3 is 0 Å². The first-order valence-electron chi connectivity index (χ1n) is 10.4. The van der Waals surface area contributed by atoms with Gasteiger partial charge in [0.05, 0.1) is 22.4 Å². The average molecular weight is 499 g/mol. The summed E-state index contributed by atoms with van der Waals surface area (Å²) in [6.07, 6.45) is 0.554. The van der Waals surface area contributed by atoms with Crippen molar-refractivity contribution in [2.45, 2.75) is 29.2 Å². The molecule has 0 radical (unpaired) electrons. The predicted molar refractivity (Wildman–Crippen MR) is 121 cm³/mol. The quantitative estimate of drug-likeness (QED) is 0.587. The van der Waals surface area contributed by atoms with Crippen molar-refractivity contribution >= 4 is 26.0 Å². The van der Waals surface area contributed by atoms with Gasteiger partial charge in [-0.3, -0.25) is 9.69 Å². The van der Waals surface area contributed by atoms with Crippen molar-refractivity contribution in [2.24, 2.45) is 5.14 Å². The van der Waals surface area contributed by atoms with E-state index in [4.69, 9.17) is 5.14 Å². The van der Waals surface area contributed by atoms with E-state index >= 15 is 0 Å².